The summed E-state index contributed by atoms with van der Waals surface area (Å²) >= 11 is 1.80. The summed E-state index contributed by atoms with van der Waals surface area (Å²) in [6.07, 6.45) is 5.57. The minimum atomic E-state index is 0.294. The Labute approximate surface area is 169 Å². The third-order valence-corrected chi connectivity index (χ3v) is 7.08. The quantitative estimate of drug-likeness (QED) is 0.722. The van der Waals surface area contributed by atoms with Crippen molar-refractivity contribution in [3.63, 3.8) is 0 Å². The van der Waals surface area contributed by atoms with Gasteiger partial charge in [-0.05, 0) is 70.2 Å². The number of nitrogens with zero attached hydrogens (tertiary/aromatic N) is 3. The van der Waals surface area contributed by atoms with Gasteiger partial charge in [-0.25, -0.2) is 0 Å². The highest BCUT2D eigenvalue weighted by Gasteiger charge is 2.33. The van der Waals surface area contributed by atoms with E-state index in [2.05, 4.69) is 59.1 Å². The highest BCUT2D eigenvalue weighted by atomic mass is 32.2. The number of aliphatic hydroxyl groups is 1. The molecular weight excluding hydrogens is 354 g/mol. The van der Waals surface area contributed by atoms with Crippen molar-refractivity contribution in [2.75, 3.05) is 45.6 Å². The summed E-state index contributed by atoms with van der Waals surface area (Å²) in [6.45, 7) is 11.7. The summed E-state index contributed by atoms with van der Waals surface area (Å²) in [6, 6.07) is 10.8. The lowest BCUT2D eigenvalue weighted by molar-refractivity contribution is -0.0000320. The fourth-order valence-corrected chi connectivity index (χ4v) is 5.10. The van der Waals surface area contributed by atoms with Crippen molar-refractivity contribution >= 4 is 11.8 Å². The number of benzene rings is 1. The molecule has 0 saturated carbocycles. The van der Waals surface area contributed by atoms with Gasteiger partial charge in [0.2, 0.25) is 0 Å². The van der Waals surface area contributed by atoms with E-state index in [0.29, 0.717) is 24.7 Å². The van der Waals surface area contributed by atoms with Crippen LogP contribution in [-0.4, -0.2) is 83.5 Å². The largest absolute Gasteiger partial charge is 0.396 e. The second-order valence-electron chi connectivity index (χ2n) is 8.35. The Kier molecular flexibility index (Phi) is 8.03. The smallest absolute Gasteiger partial charge is 0.0446 e. The molecule has 0 spiro atoms. The fourth-order valence-electron chi connectivity index (χ4n) is 4.69. The van der Waals surface area contributed by atoms with Gasteiger partial charge in [-0.15, -0.1) is 11.8 Å². The maximum absolute atomic E-state index is 9.63. The van der Waals surface area contributed by atoms with E-state index in [1.807, 2.05) is 0 Å². The van der Waals surface area contributed by atoms with E-state index in [1.54, 1.807) is 11.8 Å². The lowest BCUT2D eigenvalue weighted by Crippen LogP contribution is -2.58. The lowest BCUT2D eigenvalue weighted by atomic mass is 9.97. The maximum atomic E-state index is 9.63. The van der Waals surface area contributed by atoms with E-state index >= 15 is 0 Å². The van der Waals surface area contributed by atoms with Crippen LogP contribution in [0.4, 0.5) is 0 Å². The summed E-state index contributed by atoms with van der Waals surface area (Å²) in [5.74, 6) is 0. The average Bonchev–Trinajstić information content (AvgIpc) is 2.69. The van der Waals surface area contributed by atoms with Crippen molar-refractivity contribution in [3.05, 3.63) is 29.8 Å². The van der Waals surface area contributed by atoms with Crippen LogP contribution >= 0.6 is 11.8 Å². The van der Waals surface area contributed by atoms with E-state index in [1.165, 1.54) is 36.4 Å². The summed E-state index contributed by atoms with van der Waals surface area (Å²) in [4.78, 5) is 9.23. The third kappa shape index (κ3) is 5.70. The van der Waals surface area contributed by atoms with Crippen molar-refractivity contribution < 1.29 is 5.11 Å². The Hall–Kier alpha value is -0.590. The van der Waals surface area contributed by atoms with Crippen LogP contribution < -0.4 is 0 Å². The van der Waals surface area contributed by atoms with Crippen LogP contribution in [0.5, 0.6) is 0 Å². The SMILES string of the molecule is CSc1ccc(CN2CCN(C3CCN(C(C)C)CC3)C(CCO)C2)cc1. The van der Waals surface area contributed by atoms with Gasteiger partial charge in [-0.3, -0.25) is 9.80 Å². The highest BCUT2D eigenvalue weighted by Crippen LogP contribution is 2.25. The normalized spacial score (nSPS) is 24.0. The van der Waals surface area contributed by atoms with Crippen LogP contribution in [0.25, 0.3) is 0 Å². The molecule has 1 N–H and O–H groups in total. The van der Waals surface area contributed by atoms with Gasteiger partial charge in [0.1, 0.15) is 0 Å². The van der Waals surface area contributed by atoms with Gasteiger partial charge in [0.25, 0.3) is 0 Å². The van der Waals surface area contributed by atoms with Gasteiger partial charge in [-0.1, -0.05) is 12.1 Å². The van der Waals surface area contributed by atoms with E-state index in [4.69, 9.17) is 0 Å². The lowest BCUT2D eigenvalue weighted by Gasteiger charge is -2.48. The van der Waals surface area contributed by atoms with Crippen LogP contribution in [0.1, 0.15) is 38.7 Å². The minimum Gasteiger partial charge on any atom is -0.396 e. The zero-order valence-electron chi connectivity index (χ0n) is 17.3. The molecule has 2 aliphatic rings. The van der Waals surface area contributed by atoms with Crippen molar-refractivity contribution in [1.29, 1.82) is 0 Å². The standard InChI is InChI=1S/C22H37N3OS/c1-18(2)24-11-8-20(9-12-24)25-14-13-23(17-21(25)10-15-26)16-19-4-6-22(27-3)7-5-19/h4-7,18,20-21,26H,8-17H2,1-3H3. The molecule has 1 atom stereocenters. The van der Waals surface area contributed by atoms with Crippen LogP contribution in [-0.2, 0) is 6.54 Å². The summed E-state index contributed by atoms with van der Waals surface area (Å²) in [5, 5.41) is 9.63. The van der Waals surface area contributed by atoms with E-state index in [9.17, 15) is 5.11 Å². The summed E-state index contributed by atoms with van der Waals surface area (Å²) < 4.78 is 0. The molecule has 0 aromatic heterocycles. The number of likely N-dealkylation sites (tertiary alicyclic amines) is 1. The molecule has 152 valence electrons. The van der Waals surface area contributed by atoms with Crippen LogP contribution in [0.2, 0.25) is 0 Å². The molecule has 4 nitrogen and oxygen atoms in total. The molecule has 2 heterocycles. The Balaban J connectivity index is 1.56. The first-order valence-electron chi connectivity index (χ1n) is 10.6. The molecule has 1 aromatic carbocycles. The van der Waals surface area contributed by atoms with E-state index in [-0.39, 0.29) is 0 Å². The number of piperazine rings is 1. The fraction of sp³-hybridized carbons (Fsp3) is 0.727. The molecule has 3 rings (SSSR count). The van der Waals surface area contributed by atoms with Gasteiger partial charge < -0.3 is 10.0 Å². The molecule has 1 aromatic rings. The minimum absolute atomic E-state index is 0.294. The topological polar surface area (TPSA) is 30.0 Å². The average molecular weight is 392 g/mol. The van der Waals surface area contributed by atoms with Gasteiger partial charge in [0, 0.05) is 55.8 Å². The zero-order valence-corrected chi connectivity index (χ0v) is 18.1. The Bertz CT molecular complexity index is 557. The number of rotatable bonds is 7. The second-order valence-corrected chi connectivity index (χ2v) is 9.23. The molecule has 27 heavy (non-hydrogen) atoms. The molecule has 2 aliphatic heterocycles. The first kappa shape index (κ1) is 21.1. The van der Waals surface area contributed by atoms with Crippen LogP contribution in [0, 0.1) is 0 Å². The predicted octanol–water partition coefficient (Wildman–Crippen LogP) is 3.15. The molecule has 0 radical (unpaired) electrons. The molecule has 5 heteroatoms. The van der Waals surface area contributed by atoms with Gasteiger partial charge in [0.15, 0.2) is 0 Å². The summed E-state index contributed by atoms with van der Waals surface area (Å²) in [5.41, 5.74) is 1.40. The second kappa shape index (κ2) is 10.3. The maximum Gasteiger partial charge on any atom is 0.0446 e. The molecule has 0 aliphatic carbocycles. The van der Waals surface area contributed by atoms with Crippen LogP contribution in [0.3, 0.4) is 0 Å². The molecule has 0 bridgehead atoms. The number of thioether (sulfide) groups is 1. The molecule has 1 unspecified atom stereocenters. The number of hydrogen-bond acceptors (Lipinski definition) is 5. The molecule has 2 fully saturated rings. The monoisotopic (exact) mass is 391 g/mol. The Morgan fingerprint density at radius 1 is 1.07 bits per heavy atom. The zero-order chi connectivity index (χ0) is 19.2. The third-order valence-electron chi connectivity index (χ3n) is 6.34. The molecular formula is C22H37N3OS. The number of hydrogen-bond donors (Lipinski definition) is 1. The predicted molar refractivity (Wildman–Crippen MR) is 115 cm³/mol. The number of piperidine rings is 1. The van der Waals surface area contributed by atoms with E-state index < -0.39 is 0 Å². The molecule has 0 amide bonds. The van der Waals surface area contributed by atoms with Crippen molar-refractivity contribution in [1.82, 2.24) is 14.7 Å². The Morgan fingerprint density at radius 3 is 2.37 bits per heavy atom. The highest BCUT2D eigenvalue weighted by molar-refractivity contribution is 7.98. The van der Waals surface area contributed by atoms with Gasteiger partial charge >= 0.3 is 0 Å². The molecule has 2 saturated heterocycles. The first-order chi connectivity index (χ1) is 13.1. The van der Waals surface area contributed by atoms with Crippen LogP contribution in [0.15, 0.2) is 29.2 Å². The van der Waals surface area contributed by atoms with Crippen molar-refractivity contribution in [2.45, 2.75) is 62.7 Å². The van der Waals surface area contributed by atoms with Crippen molar-refractivity contribution in [3.8, 4) is 0 Å². The van der Waals surface area contributed by atoms with Gasteiger partial charge in [-0.2, -0.15) is 0 Å². The summed E-state index contributed by atoms with van der Waals surface area (Å²) in [7, 11) is 0. The van der Waals surface area contributed by atoms with Gasteiger partial charge in [0.05, 0.1) is 0 Å². The van der Waals surface area contributed by atoms with Crippen molar-refractivity contribution in [2.24, 2.45) is 0 Å². The Morgan fingerprint density at radius 2 is 1.78 bits per heavy atom. The first-order valence-corrected chi connectivity index (χ1v) is 11.8. The number of aliphatic hydroxyl groups excluding tert-OH is 1. The van der Waals surface area contributed by atoms with E-state index in [0.717, 1.165) is 32.6 Å².